The van der Waals surface area contributed by atoms with Crippen LogP contribution in [0.2, 0.25) is 0 Å². The van der Waals surface area contributed by atoms with Gasteiger partial charge < -0.3 is 10.6 Å². The van der Waals surface area contributed by atoms with Gasteiger partial charge in [-0.3, -0.25) is 4.79 Å². The minimum Gasteiger partial charge on any atom is -0.366 e. The molecule has 1 heterocycles. The highest BCUT2D eigenvalue weighted by Crippen LogP contribution is 2.03. The zero-order valence-corrected chi connectivity index (χ0v) is 10.2. The van der Waals surface area contributed by atoms with E-state index in [9.17, 15) is 4.79 Å². The zero-order valence-electron chi connectivity index (χ0n) is 10.2. The lowest BCUT2D eigenvalue weighted by molar-refractivity contribution is 0.0944. The molecule has 0 saturated heterocycles. The van der Waals surface area contributed by atoms with Crippen molar-refractivity contribution in [2.45, 2.75) is 13.8 Å². The third kappa shape index (κ3) is 4.63. The third-order valence-electron chi connectivity index (χ3n) is 2.00. The van der Waals surface area contributed by atoms with Crippen molar-refractivity contribution < 1.29 is 4.79 Å². The van der Waals surface area contributed by atoms with E-state index in [1.807, 2.05) is 13.8 Å². The number of rotatable bonds is 6. The molecule has 0 unspecified atom stereocenters. The van der Waals surface area contributed by atoms with Gasteiger partial charge in [-0.05, 0) is 5.92 Å². The molecule has 0 atom stereocenters. The molecule has 1 rings (SSSR count). The van der Waals surface area contributed by atoms with Gasteiger partial charge >= 0.3 is 0 Å². The summed E-state index contributed by atoms with van der Waals surface area (Å²) in [5.41, 5.74) is 0.368. The van der Waals surface area contributed by atoms with Crippen LogP contribution in [0.1, 0.15) is 24.3 Å². The van der Waals surface area contributed by atoms with Crippen LogP contribution in [0.5, 0.6) is 0 Å². The Morgan fingerprint density at radius 1 is 1.53 bits per heavy atom. The van der Waals surface area contributed by atoms with Crippen molar-refractivity contribution in [1.82, 2.24) is 15.3 Å². The summed E-state index contributed by atoms with van der Waals surface area (Å²) in [4.78, 5) is 19.7. The Morgan fingerprint density at radius 3 is 2.94 bits per heavy atom. The Labute approximate surface area is 101 Å². The van der Waals surface area contributed by atoms with Crippen molar-refractivity contribution >= 4 is 11.7 Å². The number of carbonyl (C=O) groups excluding carboxylic acids is 1. The molecule has 17 heavy (non-hydrogen) atoms. The van der Waals surface area contributed by atoms with Gasteiger partial charge in [0.05, 0.1) is 0 Å². The molecule has 5 heteroatoms. The predicted molar refractivity (Wildman–Crippen MR) is 67.9 cm³/mol. The highest BCUT2D eigenvalue weighted by Gasteiger charge is 2.08. The number of nitrogens with one attached hydrogen (secondary N) is 2. The number of carbonyl (C=O) groups is 1. The summed E-state index contributed by atoms with van der Waals surface area (Å²) in [6.07, 6.45) is 3.09. The number of amides is 1. The number of aromatic nitrogens is 2. The molecule has 0 radical (unpaired) electrons. The Balaban J connectivity index is 2.63. The molecule has 5 nitrogen and oxygen atoms in total. The Kier molecular flexibility index (Phi) is 5.13. The lowest BCUT2D eigenvalue weighted by atomic mass is 10.2. The monoisotopic (exact) mass is 234 g/mol. The van der Waals surface area contributed by atoms with E-state index in [4.69, 9.17) is 0 Å². The molecule has 0 aliphatic carbocycles. The SMILES string of the molecule is C=CCNc1cc(C(=O)NCC(C)C)ncn1. The number of nitrogens with zero attached hydrogens (tertiary/aromatic N) is 2. The topological polar surface area (TPSA) is 66.9 Å². The van der Waals surface area contributed by atoms with E-state index in [0.29, 0.717) is 30.5 Å². The summed E-state index contributed by atoms with van der Waals surface area (Å²) < 4.78 is 0. The summed E-state index contributed by atoms with van der Waals surface area (Å²) in [5.74, 6) is 0.858. The van der Waals surface area contributed by atoms with E-state index < -0.39 is 0 Å². The second kappa shape index (κ2) is 6.62. The van der Waals surface area contributed by atoms with Gasteiger partial charge in [-0.25, -0.2) is 9.97 Å². The first-order valence-corrected chi connectivity index (χ1v) is 5.58. The van der Waals surface area contributed by atoms with Gasteiger partial charge in [0.25, 0.3) is 5.91 Å². The van der Waals surface area contributed by atoms with Gasteiger partial charge in [0.2, 0.25) is 0 Å². The van der Waals surface area contributed by atoms with Gasteiger partial charge in [0, 0.05) is 19.2 Å². The van der Waals surface area contributed by atoms with E-state index in [0.717, 1.165) is 0 Å². The van der Waals surface area contributed by atoms with Crippen LogP contribution < -0.4 is 10.6 Å². The Hall–Kier alpha value is -1.91. The molecule has 0 bridgehead atoms. The number of anilines is 1. The molecule has 0 aliphatic rings. The van der Waals surface area contributed by atoms with Crippen LogP contribution >= 0.6 is 0 Å². The maximum atomic E-state index is 11.7. The average molecular weight is 234 g/mol. The molecule has 1 aromatic heterocycles. The van der Waals surface area contributed by atoms with Crippen molar-refractivity contribution in [2.75, 3.05) is 18.4 Å². The van der Waals surface area contributed by atoms with Crippen molar-refractivity contribution in [3.8, 4) is 0 Å². The smallest absolute Gasteiger partial charge is 0.270 e. The minimum atomic E-state index is -0.178. The molecule has 0 saturated carbocycles. The molecule has 1 amide bonds. The lowest BCUT2D eigenvalue weighted by Crippen LogP contribution is -2.28. The Morgan fingerprint density at radius 2 is 2.29 bits per heavy atom. The third-order valence-corrected chi connectivity index (χ3v) is 2.00. The molecule has 1 aromatic rings. The Bertz CT molecular complexity index is 390. The van der Waals surface area contributed by atoms with Crippen LogP contribution in [-0.4, -0.2) is 29.0 Å². The normalized spacial score (nSPS) is 10.1. The molecule has 0 aliphatic heterocycles. The maximum Gasteiger partial charge on any atom is 0.270 e. The summed E-state index contributed by atoms with van der Waals surface area (Å²) in [5, 5.41) is 5.81. The molecule has 0 aromatic carbocycles. The van der Waals surface area contributed by atoms with Gasteiger partial charge in [-0.15, -0.1) is 6.58 Å². The van der Waals surface area contributed by atoms with Gasteiger partial charge in [-0.2, -0.15) is 0 Å². The molecule has 2 N–H and O–H groups in total. The second-order valence-corrected chi connectivity index (χ2v) is 4.06. The van der Waals surface area contributed by atoms with Crippen molar-refractivity contribution in [1.29, 1.82) is 0 Å². The molecule has 0 spiro atoms. The standard InChI is InChI=1S/C12H18N4O/c1-4-5-13-11-6-10(15-8-16-11)12(17)14-7-9(2)3/h4,6,8-9H,1,5,7H2,2-3H3,(H,14,17)(H,13,15,16). The van der Waals surface area contributed by atoms with Crippen molar-refractivity contribution in [3.05, 3.63) is 30.7 Å². The first-order valence-electron chi connectivity index (χ1n) is 5.58. The lowest BCUT2D eigenvalue weighted by Gasteiger charge is -2.08. The fourth-order valence-corrected chi connectivity index (χ4v) is 1.14. The van der Waals surface area contributed by atoms with Crippen molar-refractivity contribution in [2.24, 2.45) is 5.92 Å². The molecular formula is C12H18N4O. The van der Waals surface area contributed by atoms with E-state index in [-0.39, 0.29) is 5.91 Å². The van der Waals surface area contributed by atoms with Gasteiger partial charge in [-0.1, -0.05) is 19.9 Å². The summed E-state index contributed by atoms with van der Waals surface area (Å²) >= 11 is 0. The van der Waals surface area contributed by atoms with Crippen molar-refractivity contribution in [3.63, 3.8) is 0 Å². The highest BCUT2D eigenvalue weighted by molar-refractivity contribution is 5.92. The van der Waals surface area contributed by atoms with E-state index in [1.54, 1.807) is 12.1 Å². The van der Waals surface area contributed by atoms with Crippen LogP contribution in [0.4, 0.5) is 5.82 Å². The van der Waals surface area contributed by atoms with Crippen LogP contribution in [0.15, 0.2) is 25.0 Å². The zero-order chi connectivity index (χ0) is 12.7. The summed E-state index contributed by atoms with van der Waals surface area (Å²) in [7, 11) is 0. The maximum absolute atomic E-state index is 11.7. The van der Waals surface area contributed by atoms with Gasteiger partial charge in [0.15, 0.2) is 0 Å². The molecule has 0 fully saturated rings. The van der Waals surface area contributed by atoms with Crippen LogP contribution in [0.25, 0.3) is 0 Å². The van der Waals surface area contributed by atoms with Crippen LogP contribution in [-0.2, 0) is 0 Å². The molecule has 92 valence electrons. The largest absolute Gasteiger partial charge is 0.366 e. The highest BCUT2D eigenvalue weighted by atomic mass is 16.1. The number of hydrogen-bond acceptors (Lipinski definition) is 4. The van der Waals surface area contributed by atoms with Crippen LogP contribution in [0.3, 0.4) is 0 Å². The first-order chi connectivity index (χ1) is 8.13. The fourth-order valence-electron chi connectivity index (χ4n) is 1.14. The second-order valence-electron chi connectivity index (χ2n) is 4.06. The fraction of sp³-hybridized carbons (Fsp3) is 0.417. The average Bonchev–Trinajstić information content (AvgIpc) is 2.33. The summed E-state index contributed by atoms with van der Waals surface area (Å²) in [6.45, 7) is 8.91. The van der Waals surface area contributed by atoms with E-state index >= 15 is 0 Å². The van der Waals surface area contributed by atoms with E-state index in [2.05, 4.69) is 27.2 Å². The van der Waals surface area contributed by atoms with Gasteiger partial charge in [0.1, 0.15) is 17.8 Å². The first kappa shape index (κ1) is 13.2. The van der Waals surface area contributed by atoms with E-state index in [1.165, 1.54) is 6.33 Å². The van der Waals surface area contributed by atoms with Crippen LogP contribution in [0, 0.1) is 5.92 Å². The number of hydrogen-bond donors (Lipinski definition) is 2. The minimum absolute atomic E-state index is 0.178. The molecular weight excluding hydrogens is 216 g/mol. The summed E-state index contributed by atoms with van der Waals surface area (Å²) in [6, 6.07) is 1.62. The predicted octanol–water partition coefficient (Wildman–Crippen LogP) is 1.46. The quantitative estimate of drug-likeness (QED) is 0.731.